The zero-order valence-corrected chi connectivity index (χ0v) is 20.1. The van der Waals surface area contributed by atoms with Crippen LogP contribution in [0.25, 0.3) is 16.9 Å². The van der Waals surface area contributed by atoms with Crippen LogP contribution in [0, 0.1) is 0 Å². The lowest BCUT2D eigenvalue weighted by molar-refractivity contribution is -0.142. The number of aromatic nitrogens is 3. The minimum atomic E-state index is -4.70. The van der Waals surface area contributed by atoms with Gasteiger partial charge in [0.05, 0.1) is 10.2 Å². The Morgan fingerprint density at radius 2 is 1.76 bits per heavy atom. The molecule has 1 aliphatic heterocycles. The molecular formula is C23H15Br2F3N4O. The molecule has 5 rings (SSSR count). The van der Waals surface area contributed by atoms with Crippen LogP contribution in [-0.4, -0.2) is 27.0 Å². The summed E-state index contributed by atoms with van der Waals surface area (Å²) >= 11 is 6.63. The van der Waals surface area contributed by atoms with Crippen LogP contribution < -0.4 is 4.90 Å². The van der Waals surface area contributed by atoms with Crippen molar-refractivity contribution in [2.45, 2.75) is 19.0 Å². The Bertz CT molecular complexity index is 1380. The number of benzene rings is 2. The maximum absolute atomic E-state index is 14.0. The fourth-order valence-electron chi connectivity index (χ4n) is 3.97. The van der Waals surface area contributed by atoms with E-state index in [-0.39, 0.29) is 21.5 Å². The Labute approximate surface area is 203 Å². The van der Waals surface area contributed by atoms with Gasteiger partial charge in [-0.15, -0.1) is 0 Å². The van der Waals surface area contributed by atoms with Crippen molar-refractivity contribution in [2.75, 3.05) is 11.4 Å². The second-order valence-electron chi connectivity index (χ2n) is 7.62. The van der Waals surface area contributed by atoms with Crippen LogP contribution >= 0.6 is 31.9 Å². The van der Waals surface area contributed by atoms with E-state index < -0.39 is 17.8 Å². The zero-order valence-electron chi connectivity index (χ0n) is 16.9. The van der Waals surface area contributed by atoms with Gasteiger partial charge in [0, 0.05) is 22.3 Å². The molecule has 0 unspecified atom stereocenters. The largest absolute Gasteiger partial charge is 0.433 e. The predicted octanol–water partition coefficient (Wildman–Crippen LogP) is 6.53. The van der Waals surface area contributed by atoms with Crippen molar-refractivity contribution in [1.29, 1.82) is 0 Å². The topological polar surface area (TPSA) is 50.5 Å². The van der Waals surface area contributed by atoms with E-state index in [0.29, 0.717) is 16.6 Å². The maximum Gasteiger partial charge on any atom is 0.433 e. The molecular weight excluding hydrogens is 565 g/mol. The van der Waals surface area contributed by atoms with Gasteiger partial charge in [-0.2, -0.15) is 18.3 Å². The van der Waals surface area contributed by atoms with Crippen LogP contribution in [0.2, 0.25) is 0 Å². The summed E-state index contributed by atoms with van der Waals surface area (Å²) in [5.41, 5.74) is 1.21. The summed E-state index contributed by atoms with van der Waals surface area (Å²) in [4.78, 5) is 19.4. The number of hydrogen-bond acceptors (Lipinski definition) is 3. The first kappa shape index (κ1) is 22.1. The number of carbonyl (C=O) groups is 1. The Balaban J connectivity index is 1.67. The monoisotopic (exact) mass is 578 g/mol. The van der Waals surface area contributed by atoms with Crippen LogP contribution in [-0.2, 0) is 12.6 Å². The summed E-state index contributed by atoms with van der Waals surface area (Å²) in [6, 6.07) is 15.2. The summed E-state index contributed by atoms with van der Waals surface area (Å²) < 4.78 is 43.5. The number of rotatable bonds is 2. The fraction of sp³-hybridized carbons (Fsp3) is 0.174. The quantitative estimate of drug-likeness (QED) is 0.271. The summed E-state index contributed by atoms with van der Waals surface area (Å²) in [5, 5.41) is 4.06. The van der Waals surface area contributed by atoms with Crippen molar-refractivity contribution in [3.8, 4) is 11.3 Å². The molecule has 0 N–H and O–H groups in total. The highest BCUT2D eigenvalue weighted by Crippen LogP contribution is 2.36. The maximum atomic E-state index is 14.0. The molecule has 168 valence electrons. The van der Waals surface area contributed by atoms with E-state index >= 15 is 0 Å². The molecule has 2 aromatic heterocycles. The van der Waals surface area contributed by atoms with Crippen molar-refractivity contribution in [3.05, 3.63) is 80.5 Å². The number of amides is 1. The van der Waals surface area contributed by atoms with Crippen molar-refractivity contribution in [3.63, 3.8) is 0 Å². The van der Waals surface area contributed by atoms with Gasteiger partial charge in [-0.05, 0) is 58.6 Å². The van der Waals surface area contributed by atoms with Crippen molar-refractivity contribution >= 4 is 49.1 Å². The van der Waals surface area contributed by atoms with E-state index in [0.717, 1.165) is 34.6 Å². The molecule has 3 heterocycles. The molecule has 0 saturated heterocycles. The van der Waals surface area contributed by atoms with Crippen molar-refractivity contribution < 1.29 is 18.0 Å². The van der Waals surface area contributed by atoms with Gasteiger partial charge in [-0.1, -0.05) is 46.3 Å². The third kappa shape index (κ3) is 3.95. The summed E-state index contributed by atoms with van der Waals surface area (Å²) in [7, 11) is 0. The van der Waals surface area contributed by atoms with Gasteiger partial charge >= 0.3 is 6.18 Å². The molecule has 4 aromatic rings. The van der Waals surface area contributed by atoms with Crippen LogP contribution in [0.3, 0.4) is 0 Å². The third-order valence-electron chi connectivity index (χ3n) is 5.52. The Kier molecular flexibility index (Phi) is 5.52. The highest BCUT2D eigenvalue weighted by Gasteiger charge is 2.37. The molecule has 0 bridgehead atoms. The Hall–Kier alpha value is -2.72. The number of halogens is 5. The number of hydrogen-bond donors (Lipinski definition) is 0. The van der Waals surface area contributed by atoms with Gasteiger partial charge in [0.25, 0.3) is 5.91 Å². The number of para-hydroxylation sites is 1. The fourth-order valence-corrected chi connectivity index (χ4v) is 4.74. The third-order valence-corrected chi connectivity index (χ3v) is 6.78. The predicted molar refractivity (Wildman–Crippen MR) is 125 cm³/mol. The molecule has 1 aliphatic rings. The second-order valence-corrected chi connectivity index (χ2v) is 9.33. The van der Waals surface area contributed by atoms with E-state index in [1.807, 2.05) is 24.3 Å². The van der Waals surface area contributed by atoms with Gasteiger partial charge in [-0.25, -0.2) is 9.50 Å². The van der Waals surface area contributed by atoms with Crippen molar-refractivity contribution in [1.82, 2.24) is 14.6 Å². The van der Waals surface area contributed by atoms with Crippen LogP contribution in [0.5, 0.6) is 0 Å². The molecule has 10 heteroatoms. The first-order valence-electron chi connectivity index (χ1n) is 10.1. The molecule has 0 saturated carbocycles. The highest BCUT2D eigenvalue weighted by atomic mass is 79.9. The first-order chi connectivity index (χ1) is 15.7. The summed E-state index contributed by atoms with van der Waals surface area (Å²) in [5.74, 6) is -0.474. The molecule has 0 aliphatic carbocycles. The van der Waals surface area contributed by atoms with Crippen LogP contribution in [0.15, 0.2) is 63.5 Å². The van der Waals surface area contributed by atoms with Gasteiger partial charge in [0.15, 0.2) is 17.0 Å². The van der Waals surface area contributed by atoms with Crippen molar-refractivity contribution in [2.24, 2.45) is 0 Å². The average Bonchev–Trinajstić information content (AvgIpc) is 3.14. The summed E-state index contributed by atoms with van der Waals surface area (Å²) in [6.45, 7) is 0.458. The average molecular weight is 580 g/mol. The number of nitrogens with zero attached hydrogens (tertiary/aromatic N) is 4. The number of aryl methyl sites for hydroxylation is 1. The number of fused-ring (bicyclic) bond motifs is 2. The smallest absolute Gasteiger partial charge is 0.307 e. The lowest BCUT2D eigenvalue weighted by Crippen LogP contribution is -2.36. The minimum Gasteiger partial charge on any atom is -0.307 e. The molecule has 0 radical (unpaired) electrons. The molecule has 0 atom stereocenters. The van der Waals surface area contributed by atoms with E-state index in [1.165, 1.54) is 0 Å². The van der Waals surface area contributed by atoms with Gasteiger partial charge in [-0.3, -0.25) is 4.79 Å². The molecule has 5 nitrogen and oxygen atoms in total. The van der Waals surface area contributed by atoms with Gasteiger partial charge in [0.1, 0.15) is 0 Å². The van der Waals surface area contributed by atoms with Crippen LogP contribution in [0.1, 0.15) is 28.2 Å². The van der Waals surface area contributed by atoms with E-state index in [9.17, 15) is 18.0 Å². The molecule has 33 heavy (non-hydrogen) atoms. The summed E-state index contributed by atoms with van der Waals surface area (Å²) in [6.07, 6.45) is -3.11. The first-order valence-corrected chi connectivity index (χ1v) is 11.6. The highest BCUT2D eigenvalue weighted by molar-refractivity contribution is 9.11. The van der Waals surface area contributed by atoms with Gasteiger partial charge in [0.2, 0.25) is 0 Å². The molecule has 0 fully saturated rings. The van der Waals surface area contributed by atoms with E-state index in [2.05, 4.69) is 41.9 Å². The molecule has 0 spiro atoms. The normalized spacial score (nSPS) is 13.9. The number of carbonyl (C=O) groups excluding carboxylic acids is 1. The standard InChI is InChI=1S/C23H15Br2F3N4O/c24-15-9-7-13(8-10-15)16-12-18(23(26,27)28)32-21(29-16)19(25)20(30-32)22(33)31-11-3-5-14-4-1-2-6-17(14)31/h1-2,4,6-10,12H,3,5,11H2. The lowest BCUT2D eigenvalue weighted by Gasteiger charge is -2.28. The minimum absolute atomic E-state index is 0.0728. The second kappa shape index (κ2) is 8.25. The van der Waals surface area contributed by atoms with Gasteiger partial charge < -0.3 is 4.90 Å². The van der Waals surface area contributed by atoms with E-state index in [1.54, 1.807) is 29.2 Å². The number of anilines is 1. The number of alkyl halides is 3. The molecule has 2 aromatic carbocycles. The Morgan fingerprint density at radius 1 is 1.03 bits per heavy atom. The van der Waals surface area contributed by atoms with E-state index in [4.69, 9.17) is 0 Å². The molecule has 1 amide bonds. The van der Waals surface area contributed by atoms with Crippen LogP contribution in [0.4, 0.5) is 18.9 Å². The Morgan fingerprint density at radius 3 is 2.48 bits per heavy atom. The zero-order chi connectivity index (χ0) is 23.3. The lowest BCUT2D eigenvalue weighted by atomic mass is 10.0. The SMILES string of the molecule is O=C(c1nn2c(C(F)(F)F)cc(-c3ccc(Br)cc3)nc2c1Br)N1CCCc2ccccc21.